The van der Waals surface area contributed by atoms with Crippen LogP contribution in [0.25, 0.3) is 0 Å². The second kappa shape index (κ2) is 5.16. The van der Waals surface area contributed by atoms with Gasteiger partial charge in [-0.3, -0.25) is 14.6 Å². The van der Waals surface area contributed by atoms with Crippen molar-refractivity contribution in [2.24, 2.45) is 0 Å². The average Bonchev–Trinajstić information content (AvgIpc) is 2.33. The Bertz CT molecular complexity index is 473. The maximum Gasteiger partial charge on any atom is 0.245 e. The van der Waals surface area contributed by atoms with Crippen LogP contribution >= 0.6 is 0 Å². The fourth-order valence-electron chi connectivity index (χ4n) is 2.11. The van der Waals surface area contributed by atoms with Crippen LogP contribution in [-0.2, 0) is 16.1 Å². The van der Waals surface area contributed by atoms with Crippen molar-refractivity contribution in [3.8, 4) is 0 Å². The second-order valence-corrected chi connectivity index (χ2v) is 4.59. The van der Waals surface area contributed by atoms with Crippen LogP contribution in [0.15, 0.2) is 18.5 Å². The van der Waals surface area contributed by atoms with Crippen molar-refractivity contribution < 1.29 is 9.59 Å². The van der Waals surface area contributed by atoms with Gasteiger partial charge < -0.3 is 10.2 Å². The lowest BCUT2D eigenvalue weighted by Crippen LogP contribution is -2.57. The van der Waals surface area contributed by atoms with Gasteiger partial charge in [0.25, 0.3) is 0 Å². The van der Waals surface area contributed by atoms with Crippen LogP contribution in [0.4, 0.5) is 0 Å². The molecule has 18 heavy (non-hydrogen) atoms. The van der Waals surface area contributed by atoms with Gasteiger partial charge >= 0.3 is 0 Å². The van der Waals surface area contributed by atoms with Gasteiger partial charge in [-0.2, -0.15) is 0 Å². The molecule has 0 spiro atoms. The molecule has 1 N–H and O–H groups in total. The van der Waals surface area contributed by atoms with Gasteiger partial charge in [0.15, 0.2) is 0 Å². The average molecular weight is 247 g/mol. The summed E-state index contributed by atoms with van der Waals surface area (Å²) in [5.74, 6) is -0.110. The lowest BCUT2D eigenvalue weighted by atomic mass is 10.1. The fraction of sp³-hybridized carbons (Fsp3) is 0.462. The number of rotatable bonds is 3. The number of aromatic nitrogens is 1. The first-order chi connectivity index (χ1) is 8.60. The highest BCUT2D eigenvalue weighted by Crippen LogP contribution is 2.11. The normalized spacial score (nSPS) is 19.9. The number of aryl methyl sites for hydroxylation is 1. The maximum atomic E-state index is 12.1. The molecule has 0 radical (unpaired) electrons. The maximum absolute atomic E-state index is 12.1. The molecule has 1 saturated heterocycles. The first kappa shape index (κ1) is 12.5. The van der Waals surface area contributed by atoms with Gasteiger partial charge in [0.1, 0.15) is 6.04 Å². The van der Waals surface area contributed by atoms with Crippen LogP contribution in [0, 0.1) is 6.92 Å². The molecule has 5 heteroatoms. The zero-order chi connectivity index (χ0) is 13.1. The van der Waals surface area contributed by atoms with E-state index in [0.717, 1.165) is 11.1 Å². The predicted molar refractivity (Wildman–Crippen MR) is 66.6 cm³/mol. The van der Waals surface area contributed by atoms with Crippen molar-refractivity contribution >= 4 is 11.8 Å². The van der Waals surface area contributed by atoms with Crippen LogP contribution in [0.3, 0.4) is 0 Å². The molecule has 1 atom stereocenters. The van der Waals surface area contributed by atoms with Gasteiger partial charge in [0.05, 0.1) is 6.54 Å². The summed E-state index contributed by atoms with van der Waals surface area (Å²) < 4.78 is 0. The van der Waals surface area contributed by atoms with E-state index in [-0.39, 0.29) is 24.4 Å². The smallest absolute Gasteiger partial charge is 0.245 e. The largest absolute Gasteiger partial charge is 0.343 e. The lowest BCUT2D eigenvalue weighted by Gasteiger charge is -2.32. The number of amides is 2. The standard InChI is InChI=1S/C13H17N3O2/c1-3-11-13(18)16(8-12(17)15-11)7-10-4-9(2)5-14-6-10/h4-6,11H,3,7-8H2,1-2H3,(H,15,17). The molecule has 1 aliphatic heterocycles. The molecule has 2 amide bonds. The van der Waals surface area contributed by atoms with Gasteiger partial charge in [-0.1, -0.05) is 13.0 Å². The van der Waals surface area contributed by atoms with Gasteiger partial charge in [0.2, 0.25) is 11.8 Å². The zero-order valence-corrected chi connectivity index (χ0v) is 10.6. The van der Waals surface area contributed by atoms with Gasteiger partial charge in [-0.25, -0.2) is 0 Å². The van der Waals surface area contributed by atoms with E-state index < -0.39 is 0 Å². The van der Waals surface area contributed by atoms with E-state index in [4.69, 9.17) is 0 Å². The summed E-state index contributed by atoms with van der Waals surface area (Å²) in [6.45, 7) is 4.41. The van der Waals surface area contributed by atoms with E-state index >= 15 is 0 Å². The van der Waals surface area contributed by atoms with E-state index in [2.05, 4.69) is 10.3 Å². The molecule has 0 bridgehead atoms. The second-order valence-electron chi connectivity index (χ2n) is 4.59. The molecule has 0 saturated carbocycles. The first-order valence-electron chi connectivity index (χ1n) is 6.09. The molecule has 1 aliphatic rings. The molecule has 1 unspecified atom stereocenters. The third-order valence-electron chi connectivity index (χ3n) is 2.99. The predicted octanol–water partition coefficient (Wildman–Crippen LogP) is 0.627. The summed E-state index contributed by atoms with van der Waals surface area (Å²) in [6.07, 6.45) is 4.12. The Labute approximate surface area is 106 Å². The van der Waals surface area contributed by atoms with Crippen molar-refractivity contribution in [1.29, 1.82) is 0 Å². The van der Waals surface area contributed by atoms with Crippen molar-refractivity contribution in [2.45, 2.75) is 32.9 Å². The number of carbonyl (C=O) groups is 2. The highest BCUT2D eigenvalue weighted by Gasteiger charge is 2.31. The first-order valence-corrected chi connectivity index (χ1v) is 6.09. The highest BCUT2D eigenvalue weighted by molar-refractivity contribution is 5.94. The summed E-state index contributed by atoms with van der Waals surface area (Å²) in [5, 5.41) is 2.70. The summed E-state index contributed by atoms with van der Waals surface area (Å²) in [4.78, 5) is 29.3. The Kier molecular flexibility index (Phi) is 3.60. The van der Waals surface area contributed by atoms with E-state index in [0.29, 0.717) is 13.0 Å². The van der Waals surface area contributed by atoms with Crippen molar-refractivity contribution in [3.63, 3.8) is 0 Å². The number of pyridine rings is 1. The highest BCUT2D eigenvalue weighted by atomic mass is 16.2. The minimum Gasteiger partial charge on any atom is -0.343 e. The third-order valence-corrected chi connectivity index (χ3v) is 2.99. The lowest BCUT2D eigenvalue weighted by molar-refractivity contribution is -0.144. The quantitative estimate of drug-likeness (QED) is 0.852. The van der Waals surface area contributed by atoms with Gasteiger partial charge in [-0.05, 0) is 24.5 Å². The molecular weight excluding hydrogens is 230 g/mol. The number of nitrogens with zero attached hydrogens (tertiary/aromatic N) is 2. The van der Waals surface area contributed by atoms with Crippen LogP contribution < -0.4 is 5.32 Å². The topological polar surface area (TPSA) is 62.3 Å². The number of hydrogen-bond donors (Lipinski definition) is 1. The minimum atomic E-state index is -0.385. The van der Waals surface area contributed by atoms with E-state index in [9.17, 15) is 9.59 Å². The molecule has 0 aromatic carbocycles. The molecule has 5 nitrogen and oxygen atoms in total. The molecule has 1 aromatic heterocycles. The Morgan fingerprint density at radius 2 is 2.22 bits per heavy atom. The van der Waals surface area contributed by atoms with Gasteiger partial charge in [-0.15, -0.1) is 0 Å². The van der Waals surface area contributed by atoms with Crippen LogP contribution in [0.2, 0.25) is 0 Å². The molecule has 2 heterocycles. The van der Waals surface area contributed by atoms with Crippen LogP contribution in [0.1, 0.15) is 24.5 Å². The van der Waals surface area contributed by atoms with E-state index in [1.165, 1.54) is 0 Å². The molecule has 1 aromatic rings. The monoisotopic (exact) mass is 247 g/mol. The molecule has 2 rings (SSSR count). The summed E-state index contributed by atoms with van der Waals surface area (Å²) in [7, 11) is 0. The van der Waals surface area contributed by atoms with Crippen LogP contribution in [-0.4, -0.2) is 34.3 Å². The van der Waals surface area contributed by atoms with E-state index in [1.54, 1.807) is 17.3 Å². The molecular formula is C13H17N3O2. The number of piperazine rings is 1. The third kappa shape index (κ3) is 2.67. The summed E-state index contributed by atoms with van der Waals surface area (Å²) >= 11 is 0. The molecule has 0 aliphatic carbocycles. The van der Waals surface area contributed by atoms with Gasteiger partial charge in [0, 0.05) is 18.9 Å². The Hall–Kier alpha value is -1.91. The SMILES string of the molecule is CCC1NC(=O)CN(Cc2cncc(C)c2)C1=O. The van der Waals surface area contributed by atoms with Crippen LogP contribution in [0.5, 0.6) is 0 Å². The summed E-state index contributed by atoms with van der Waals surface area (Å²) in [6, 6.07) is 1.59. The molecule has 96 valence electrons. The van der Waals surface area contributed by atoms with E-state index in [1.807, 2.05) is 19.9 Å². The zero-order valence-electron chi connectivity index (χ0n) is 10.6. The Morgan fingerprint density at radius 1 is 1.44 bits per heavy atom. The summed E-state index contributed by atoms with van der Waals surface area (Å²) in [5.41, 5.74) is 2.00. The molecule has 1 fully saturated rings. The number of hydrogen-bond acceptors (Lipinski definition) is 3. The minimum absolute atomic E-state index is 0.0152. The number of nitrogens with one attached hydrogen (secondary N) is 1. The van der Waals surface area contributed by atoms with Crippen molar-refractivity contribution in [3.05, 3.63) is 29.6 Å². The van der Waals surface area contributed by atoms with Crippen molar-refractivity contribution in [2.75, 3.05) is 6.54 Å². The fourth-order valence-corrected chi connectivity index (χ4v) is 2.11. The Balaban J connectivity index is 2.12. The van der Waals surface area contributed by atoms with Crippen molar-refractivity contribution in [1.82, 2.24) is 15.2 Å². The Morgan fingerprint density at radius 3 is 2.89 bits per heavy atom. The number of carbonyl (C=O) groups excluding carboxylic acids is 2.